The molecular formula is C39H44F6O. The molecule has 0 bridgehead atoms. The fraction of sp³-hybridized carbons (Fsp3) is 0.487. The highest BCUT2D eigenvalue weighted by Gasteiger charge is 2.33. The quantitative estimate of drug-likeness (QED) is 0.149. The van der Waals surface area contributed by atoms with E-state index in [2.05, 4.69) is 0 Å². The molecule has 0 heterocycles. The molecule has 1 nitrogen and oxygen atoms in total. The highest BCUT2D eigenvalue weighted by atomic mass is 19.2. The first-order valence-corrected chi connectivity index (χ1v) is 16.9. The smallest absolute Gasteiger partial charge is 0.200 e. The van der Waals surface area contributed by atoms with Crippen molar-refractivity contribution >= 4 is 0 Å². The van der Waals surface area contributed by atoms with Crippen LogP contribution in [-0.2, 0) is 12.8 Å². The van der Waals surface area contributed by atoms with Gasteiger partial charge in [-0.1, -0.05) is 55.3 Å². The van der Waals surface area contributed by atoms with Gasteiger partial charge in [-0.2, -0.15) is 4.39 Å². The zero-order chi connectivity index (χ0) is 32.8. The van der Waals surface area contributed by atoms with Crippen molar-refractivity contribution in [2.24, 2.45) is 17.8 Å². The number of rotatable bonds is 11. The van der Waals surface area contributed by atoms with Crippen LogP contribution in [0.5, 0.6) is 5.75 Å². The van der Waals surface area contributed by atoms with Gasteiger partial charge in [0.25, 0.3) is 0 Å². The lowest BCUT2D eigenvalue weighted by molar-refractivity contribution is 0.156. The van der Waals surface area contributed by atoms with Crippen LogP contribution in [0.2, 0.25) is 0 Å². The van der Waals surface area contributed by atoms with Gasteiger partial charge in [-0.25, -0.2) is 22.0 Å². The highest BCUT2D eigenvalue weighted by molar-refractivity contribution is 5.66. The molecule has 3 aromatic rings. The third kappa shape index (κ3) is 7.50. The number of hydrogen-bond donors (Lipinski definition) is 0. The van der Waals surface area contributed by atoms with Gasteiger partial charge < -0.3 is 4.74 Å². The minimum atomic E-state index is -1.16. The summed E-state index contributed by atoms with van der Waals surface area (Å²) in [6.07, 6.45) is 13.6. The lowest BCUT2D eigenvalue weighted by Gasteiger charge is -2.38. The number of allylic oxidation sites excluding steroid dienone is 2. The van der Waals surface area contributed by atoms with Crippen molar-refractivity contribution in [1.29, 1.82) is 0 Å². The molecule has 2 fully saturated rings. The summed E-state index contributed by atoms with van der Waals surface area (Å²) in [5.74, 6) is -4.46. The van der Waals surface area contributed by atoms with E-state index in [1.54, 1.807) is 13.0 Å². The molecule has 7 heteroatoms. The standard InChI is InChI=1S/C39H44F6O/c1-3-5-6-7-28-18-20-31(37(43)34(28)40)32-21-19-29(35(41)38(32)44)13-10-24-8-11-25(12-9-24)26-14-16-27(17-15-26)30-22-23-33(46-4-2)39(45)36(30)42/h3,5,18-27H,4,6-17H2,1-2H3/b5-3+. The van der Waals surface area contributed by atoms with Crippen molar-refractivity contribution in [3.63, 3.8) is 0 Å². The largest absolute Gasteiger partial charge is 0.491 e. The van der Waals surface area contributed by atoms with Gasteiger partial charge >= 0.3 is 0 Å². The van der Waals surface area contributed by atoms with E-state index in [1.165, 1.54) is 30.3 Å². The number of ether oxygens (including phenoxy) is 1. The van der Waals surface area contributed by atoms with Gasteiger partial charge in [0.05, 0.1) is 6.61 Å². The predicted molar refractivity (Wildman–Crippen MR) is 171 cm³/mol. The molecule has 0 atom stereocenters. The molecule has 2 aliphatic rings. The van der Waals surface area contributed by atoms with E-state index < -0.39 is 34.9 Å². The topological polar surface area (TPSA) is 9.23 Å². The number of aryl methyl sites for hydroxylation is 2. The van der Waals surface area contributed by atoms with Crippen molar-refractivity contribution in [2.45, 2.75) is 96.8 Å². The first-order chi connectivity index (χ1) is 22.2. The van der Waals surface area contributed by atoms with Crippen LogP contribution < -0.4 is 4.74 Å². The minimum Gasteiger partial charge on any atom is -0.491 e. The maximum Gasteiger partial charge on any atom is 0.200 e. The summed E-state index contributed by atoms with van der Waals surface area (Å²) in [6.45, 7) is 3.87. The Morgan fingerprint density at radius 3 is 1.76 bits per heavy atom. The molecule has 5 rings (SSSR count). The third-order valence-corrected chi connectivity index (χ3v) is 10.4. The molecule has 2 aliphatic carbocycles. The van der Waals surface area contributed by atoms with Crippen LogP contribution in [-0.4, -0.2) is 6.61 Å². The number of halogens is 6. The van der Waals surface area contributed by atoms with Gasteiger partial charge in [-0.05, 0) is 124 Å². The Morgan fingerprint density at radius 2 is 1.20 bits per heavy atom. The fourth-order valence-corrected chi connectivity index (χ4v) is 7.73. The summed E-state index contributed by atoms with van der Waals surface area (Å²) in [5, 5.41) is 0. The minimum absolute atomic E-state index is 0.0162. The van der Waals surface area contributed by atoms with Crippen molar-refractivity contribution in [3.8, 4) is 16.9 Å². The van der Waals surface area contributed by atoms with Gasteiger partial charge in [-0.15, -0.1) is 0 Å². The number of hydrogen-bond acceptors (Lipinski definition) is 1. The molecule has 0 aliphatic heterocycles. The molecule has 248 valence electrons. The predicted octanol–water partition coefficient (Wildman–Crippen LogP) is 11.8. The van der Waals surface area contributed by atoms with E-state index in [1.807, 2.05) is 19.1 Å². The molecule has 0 aromatic heterocycles. The zero-order valence-corrected chi connectivity index (χ0v) is 26.8. The van der Waals surface area contributed by atoms with Crippen LogP contribution in [0.3, 0.4) is 0 Å². The van der Waals surface area contributed by atoms with Gasteiger partial charge in [0.2, 0.25) is 5.82 Å². The maximum absolute atomic E-state index is 15.1. The summed E-state index contributed by atoms with van der Waals surface area (Å²) in [4.78, 5) is 0. The molecule has 3 aromatic carbocycles. The lowest BCUT2D eigenvalue weighted by atomic mass is 9.68. The molecule has 0 saturated heterocycles. The van der Waals surface area contributed by atoms with E-state index in [-0.39, 0.29) is 40.5 Å². The first kappa shape index (κ1) is 34.1. The average Bonchev–Trinajstić information content (AvgIpc) is 3.07. The van der Waals surface area contributed by atoms with Crippen molar-refractivity contribution < 1.29 is 31.1 Å². The van der Waals surface area contributed by atoms with Crippen LogP contribution >= 0.6 is 0 Å². The molecule has 46 heavy (non-hydrogen) atoms. The van der Waals surface area contributed by atoms with Gasteiger partial charge in [0.1, 0.15) is 0 Å². The van der Waals surface area contributed by atoms with Crippen molar-refractivity contribution in [2.75, 3.05) is 6.61 Å². The van der Waals surface area contributed by atoms with E-state index in [4.69, 9.17) is 4.74 Å². The Kier molecular flexibility index (Phi) is 11.6. The lowest BCUT2D eigenvalue weighted by Crippen LogP contribution is -2.26. The Labute approximate surface area is 269 Å². The first-order valence-electron chi connectivity index (χ1n) is 16.9. The van der Waals surface area contributed by atoms with E-state index >= 15 is 8.78 Å². The normalized spacial score (nSPS) is 22.0. The Hall–Kier alpha value is -3.22. The number of benzene rings is 3. The molecule has 0 unspecified atom stereocenters. The van der Waals surface area contributed by atoms with E-state index in [0.29, 0.717) is 42.6 Å². The van der Waals surface area contributed by atoms with Crippen molar-refractivity contribution in [1.82, 2.24) is 0 Å². The molecular weight excluding hydrogens is 598 g/mol. The van der Waals surface area contributed by atoms with Crippen LogP contribution in [0.25, 0.3) is 11.1 Å². The molecule has 0 amide bonds. The molecule has 0 spiro atoms. The highest BCUT2D eigenvalue weighted by Crippen LogP contribution is 2.45. The third-order valence-electron chi connectivity index (χ3n) is 10.4. The monoisotopic (exact) mass is 642 g/mol. The Morgan fingerprint density at radius 1 is 0.630 bits per heavy atom. The van der Waals surface area contributed by atoms with Crippen molar-refractivity contribution in [3.05, 3.63) is 100 Å². The van der Waals surface area contributed by atoms with Gasteiger partial charge in [0.15, 0.2) is 34.8 Å². The van der Waals surface area contributed by atoms with Crippen LogP contribution in [0.1, 0.15) is 101 Å². The van der Waals surface area contributed by atoms with E-state index in [9.17, 15) is 17.6 Å². The summed E-state index contributed by atoms with van der Waals surface area (Å²) in [5.41, 5.74) is 0.354. The van der Waals surface area contributed by atoms with Crippen LogP contribution in [0, 0.1) is 52.7 Å². The van der Waals surface area contributed by atoms with Crippen LogP contribution in [0.15, 0.2) is 48.6 Å². The average molecular weight is 643 g/mol. The summed E-state index contributed by atoms with van der Waals surface area (Å²) >= 11 is 0. The molecule has 2 saturated carbocycles. The second-order valence-corrected chi connectivity index (χ2v) is 13.1. The molecule has 0 radical (unpaired) electrons. The van der Waals surface area contributed by atoms with Gasteiger partial charge in [-0.3, -0.25) is 0 Å². The fourth-order valence-electron chi connectivity index (χ4n) is 7.73. The Balaban J connectivity index is 1.12. The van der Waals surface area contributed by atoms with Gasteiger partial charge in [0, 0.05) is 11.1 Å². The Bertz CT molecular complexity index is 1520. The zero-order valence-electron chi connectivity index (χ0n) is 26.8. The maximum atomic E-state index is 15.1. The van der Waals surface area contributed by atoms with E-state index in [0.717, 1.165) is 57.8 Å². The summed E-state index contributed by atoms with van der Waals surface area (Å²) in [6, 6.07) is 8.81. The van der Waals surface area contributed by atoms with Crippen LogP contribution in [0.4, 0.5) is 26.3 Å². The molecule has 0 N–H and O–H groups in total. The second-order valence-electron chi connectivity index (χ2n) is 13.1. The summed E-state index contributed by atoms with van der Waals surface area (Å²) < 4.78 is 94.2. The summed E-state index contributed by atoms with van der Waals surface area (Å²) in [7, 11) is 0. The second kappa shape index (κ2) is 15.6. The SMILES string of the molecule is C/C=C/CCc1ccc(-c2ccc(CCC3CCC(C4CCC(c5ccc(OCC)c(F)c5F)CC4)CC3)c(F)c2F)c(F)c1F.